The minimum absolute atomic E-state index is 0.207. The van der Waals surface area contributed by atoms with Gasteiger partial charge in [0.1, 0.15) is 11.5 Å². The molecule has 0 atom stereocenters. The summed E-state index contributed by atoms with van der Waals surface area (Å²) in [6.07, 6.45) is 3.38. The number of amides is 2. The number of hydrogen-bond donors (Lipinski definition) is 2. The van der Waals surface area contributed by atoms with E-state index in [1.54, 1.807) is 0 Å². The monoisotopic (exact) mass is 299 g/mol. The largest absolute Gasteiger partial charge is 0.348 e. The van der Waals surface area contributed by atoms with E-state index in [-0.39, 0.29) is 29.4 Å². The van der Waals surface area contributed by atoms with Crippen LogP contribution in [0.15, 0.2) is 42.6 Å². The number of halogens is 1. The van der Waals surface area contributed by atoms with Gasteiger partial charge in [0.15, 0.2) is 0 Å². The number of hydrogen-bond acceptors (Lipinski definition) is 3. The number of carbonyl (C=O) groups excluding carboxylic acids is 2. The number of rotatable bonds is 4. The van der Waals surface area contributed by atoms with Crippen molar-refractivity contribution in [2.24, 2.45) is 0 Å². The fraction of sp³-hybridized carbons (Fsp3) is 0.188. The Balaban J connectivity index is 1.71. The summed E-state index contributed by atoms with van der Waals surface area (Å²) in [6, 6.07) is 8.65. The third-order valence-corrected chi connectivity index (χ3v) is 3.27. The van der Waals surface area contributed by atoms with Crippen LogP contribution >= 0.6 is 0 Å². The summed E-state index contributed by atoms with van der Waals surface area (Å²) < 4.78 is 12.8. The van der Waals surface area contributed by atoms with E-state index in [1.165, 1.54) is 42.6 Å². The maximum atomic E-state index is 12.8. The Morgan fingerprint density at radius 2 is 1.82 bits per heavy atom. The highest BCUT2D eigenvalue weighted by atomic mass is 19.1. The molecule has 0 unspecified atom stereocenters. The van der Waals surface area contributed by atoms with Crippen molar-refractivity contribution < 1.29 is 14.0 Å². The molecule has 112 valence electrons. The molecule has 1 aliphatic carbocycles. The first-order valence-electron chi connectivity index (χ1n) is 6.95. The SMILES string of the molecule is O=C(Nc1ccc(F)cc1)c1ccnc(C(=O)NC2CC2)c1. The molecule has 0 spiro atoms. The Hall–Kier alpha value is -2.76. The second-order valence-corrected chi connectivity index (χ2v) is 5.14. The smallest absolute Gasteiger partial charge is 0.270 e. The van der Waals surface area contributed by atoms with Crippen molar-refractivity contribution in [1.29, 1.82) is 0 Å². The molecule has 0 bridgehead atoms. The van der Waals surface area contributed by atoms with Crippen LogP contribution in [0.4, 0.5) is 10.1 Å². The Morgan fingerprint density at radius 1 is 1.09 bits per heavy atom. The summed E-state index contributed by atoms with van der Waals surface area (Å²) in [5, 5.41) is 5.46. The van der Waals surface area contributed by atoms with E-state index in [0.717, 1.165) is 12.8 Å². The lowest BCUT2D eigenvalue weighted by molar-refractivity contribution is 0.0946. The Kier molecular flexibility index (Phi) is 3.82. The van der Waals surface area contributed by atoms with Gasteiger partial charge < -0.3 is 10.6 Å². The van der Waals surface area contributed by atoms with E-state index in [0.29, 0.717) is 11.3 Å². The standard InChI is InChI=1S/C16H14FN3O2/c17-11-1-3-12(4-2-11)19-15(21)10-7-8-18-14(9-10)16(22)20-13-5-6-13/h1-4,7-9,13H,5-6H2,(H,19,21)(H,20,22). The van der Waals surface area contributed by atoms with Gasteiger partial charge in [-0.05, 0) is 49.2 Å². The molecule has 1 heterocycles. The summed E-state index contributed by atoms with van der Waals surface area (Å²) in [5.74, 6) is -1.03. The first-order chi connectivity index (χ1) is 10.6. The third-order valence-electron chi connectivity index (χ3n) is 3.27. The highest BCUT2D eigenvalue weighted by Crippen LogP contribution is 2.19. The van der Waals surface area contributed by atoms with Crippen molar-refractivity contribution >= 4 is 17.5 Å². The maximum absolute atomic E-state index is 12.8. The highest BCUT2D eigenvalue weighted by Gasteiger charge is 2.24. The van der Waals surface area contributed by atoms with Crippen LogP contribution in [0.25, 0.3) is 0 Å². The molecular weight excluding hydrogens is 285 g/mol. The molecule has 1 fully saturated rings. The van der Waals surface area contributed by atoms with Crippen LogP contribution in [-0.4, -0.2) is 22.8 Å². The average Bonchev–Trinajstić information content (AvgIpc) is 3.33. The Bertz CT molecular complexity index is 712. The van der Waals surface area contributed by atoms with Crippen molar-refractivity contribution in [3.63, 3.8) is 0 Å². The van der Waals surface area contributed by atoms with E-state index in [1.807, 2.05) is 0 Å². The van der Waals surface area contributed by atoms with Crippen LogP contribution in [0.1, 0.15) is 33.7 Å². The molecule has 1 aliphatic rings. The van der Waals surface area contributed by atoms with Gasteiger partial charge in [0.05, 0.1) is 0 Å². The maximum Gasteiger partial charge on any atom is 0.270 e. The minimum atomic E-state index is -0.380. The molecule has 1 saturated carbocycles. The van der Waals surface area contributed by atoms with Gasteiger partial charge in [-0.2, -0.15) is 0 Å². The van der Waals surface area contributed by atoms with E-state index in [4.69, 9.17) is 0 Å². The fourth-order valence-corrected chi connectivity index (χ4v) is 1.92. The summed E-state index contributed by atoms with van der Waals surface area (Å²) in [6.45, 7) is 0. The Labute approximate surface area is 126 Å². The predicted octanol–water partition coefficient (Wildman–Crippen LogP) is 2.37. The molecule has 1 aromatic heterocycles. The van der Waals surface area contributed by atoms with Crippen LogP contribution in [0.2, 0.25) is 0 Å². The van der Waals surface area contributed by atoms with Gasteiger partial charge in [0.25, 0.3) is 11.8 Å². The van der Waals surface area contributed by atoms with Gasteiger partial charge in [-0.3, -0.25) is 14.6 Å². The lowest BCUT2D eigenvalue weighted by Crippen LogP contribution is -2.26. The summed E-state index contributed by atoms with van der Waals surface area (Å²) in [5.41, 5.74) is 1.01. The molecule has 2 amide bonds. The molecule has 0 aliphatic heterocycles. The van der Waals surface area contributed by atoms with Crippen LogP contribution in [0, 0.1) is 5.82 Å². The first kappa shape index (κ1) is 14.2. The van der Waals surface area contributed by atoms with Crippen molar-refractivity contribution in [3.05, 3.63) is 59.7 Å². The number of benzene rings is 1. The topological polar surface area (TPSA) is 71.1 Å². The Morgan fingerprint density at radius 3 is 2.50 bits per heavy atom. The molecule has 1 aromatic carbocycles. The van der Waals surface area contributed by atoms with E-state index in [9.17, 15) is 14.0 Å². The van der Waals surface area contributed by atoms with E-state index < -0.39 is 0 Å². The molecule has 3 rings (SSSR count). The molecule has 22 heavy (non-hydrogen) atoms. The molecule has 2 aromatic rings. The summed E-state index contributed by atoms with van der Waals surface area (Å²) in [4.78, 5) is 28.0. The normalized spacial score (nSPS) is 13.5. The van der Waals surface area contributed by atoms with Crippen molar-refractivity contribution in [1.82, 2.24) is 10.3 Å². The van der Waals surface area contributed by atoms with Crippen LogP contribution in [-0.2, 0) is 0 Å². The number of nitrogens with zero attached hydrogens (tertiary/aromatic N) is 1. The van der Waals surface area contributed by atoms with Crippen molar-refractivity contribution in [2.75, 3.05) is 5.32 Å². The van der Waals surface area contributed by atoms with Gasteiger partial charge in [0, 0.05) is 23.5 Å². The number of carbonyl (C=O) groups is 2. The van der Waals surface area contributed by atoms with E-state index in [2.05, 4.69) is 15.6 Å². The number of nitrogens with one attached hydrogen (secondary N) is 2. The predicted molar refractivity (Wildman–Crippen MR) is 79.1 cm³/mol. The number of anilines is 1. The van der Waals surface area contributed by atoms with Crippen LogP contribution in [0.5, 0.6) is 0 Å². The third kappa shape index (κ3) is 3.46. The van der Waals surface area contributed by atoms with Crippen molar-refractivity contribution in [3.8, 4) is 0 Å². The van der Waals surface area contributed by atoms with Gasteiger partial charge in [-0.15, -0.1) is 0 Å². The quantitative estimate of drug-likeness (QED) is 0.910. The van der Waals surface area contributed by atoms with Gasteiger partial charge >= 0.3 is 0 Å². The first-order valence-corrected chi connectivity index (χ1v) is 6.95. The van der Waals surface area contributed by atoms with Gasteiger partial charge in [0.2, 0.25) is 0 Å². The lowest BCUT2D eigenvalue weighted by Gasteiger charge is -2.07. The summed E-state index contributed by atoms with van der Waals surface area (Å²) in [7, 11) is 0. The zero-order chi connectivity index (χ0) is 15.5. The van der Waals surface area contributed by atoms with E-state index >= 15 is 0 Å². The number of pyridine rings is 1. The fourth-order valence-electron chi connectivity index (χ4n) is 1.92. The molecule has 6 heteroatoms. The van der Waals surface area contributed by atoms with Crippen molar-refractivity contribution in [2.45, 2.75) is 18.9 Å². The molecule has 0 radical (unpaired) electrons. The second kappa shape index (κ2) is 5.93. The zero-order valence-electron chi connectivity index (χ0n) is 11.7. The summed E-state index contributed by atoms with van der Waals surface area (Å²) >= 11 is 0. The molecule has 5 nitrogen and oxygen atoms in total. The molecule has 0 saturated heterocycles. The highest BCUT2D eigenvalue weighted by molar-refractivity contribution is 6.05. The average molecular weight is 299 g/mol. The van der Waals surface area contributed by atoms with Gasteiger partial charge in [-0.1, -0.05) is 0 Å². The molecule has 2 N–H and O–H groups in total. The van der Waals surface area contributed by atoms with Gasteiger partial charge in [-0.25, -0.2) is 4.39 Å². The van der Waals surface area contributed by atoms with Crippen LogP contribution in [0.3, 0.4) is 0 Å². The van der Waals surface area contributed by atoms with Crippen LogP contribution < -0.4 is 10.6 Å². The molecular formula is C16H14FN3O2. The lowest BCUT2D eigenvalue weighted by atomic mass is 10.2. The second-order valence-electron chi connectivity index (χ2n) is 5.14. The zero-order valence-corrected chi connectivity index (χ0v) is 11.7. The minimum Gasteiger partial charge on any atom is -0.348 e. The number of aromatic nitrogens is 1.